The summed E-state index contributed by atoms with van der Waals surface area (Å²) >= 11 is 3.40. The van der Waals surface area contributed by atoms with E-state index in [0.29, 0.717) is 23.5 Å². The first kappa shape index (κ1) is 15.2. The predicted octanol–water partition coefficient (Wildman–Crippen LogP) is 2.15. The molecule has 3 rings (SSSR count). The number of hydrogen-bond donors (Lipinski definition) is 3. The Labute approximate surface area is 136 Å². The number of aromatic nitrogens is 1. The first-order chi connectivity index (χ1) is 10.6. The van der Waals surface area contributed by atoms with Crippen molar-refractivity contribution in [1.29, 1.82) is 0 Å². The van der Waals surface area contributed by atoms with Gasteiger partial charge in [0.2, 0.25) is 5.56 Å². The average Bonchev–Trinajstić information content (AvgIpc) is 2.94. The van der Waals surface area contributed by atoms with Crippen LogP contribution in [0.15, 0.2) is 33.5 Å². The largest absolute Gasteiger partial charge is 0.349 e. The lowest BCUT2D eigenvalue weighted by atomic mass is 10.0. The molecule has 1 fully saturated rings. The van der Waals surface area contributed by atoms with Gasteiger partial charge in [-0.3, -0.25) is 9.59 Å². The topological polar surface area (TPSA) is 88.0 Å². The van der Waals surface area contributed by atoms with E-state index in [4.69, 9.17) is 5.73 Å². The number of nitrogens with two attached hydrogens (primary N) is 1. The zero-order valence-electron chi connectivity index (χ0n) is 12.1. The Morgan fingerprint density at radius 1 is 1.41 bits per heavy atom. The zero-order valence-corrected chi connectivity index (χ0v) is 13.7. The molecule has 116 valence electrons. The highest BCUT2D eigenvalue weighted by Gasteiger charge is 2.28. The maximum absolute atomic E-state index is 12.6. The molecule has 1 aliphatic carbocycles. The lowest BCUT2D eigenvalue weighted by Crippen LogP contribution is -2.40. The van der Waals surface area contributed by atoms with Gasteiger partial charge in [0, 0.05) is 22.0 Å². The minimum atomic E-state index is -0.286. The van der Waals surface area contributed by atoms with Gasteiger partial charge in [-0.1, -0.05) is 18.6 Å². The van der Waals surface area contributed by atoms with Gasteiger partial charge in [0.25, 0.3) is 5.91 Å². The van der Waals surface area contributed by atoms with E-state index in [9.17, 15) is 9.59 Å². The van der Waals surface area contributed by atoms with Gasteiger partial charge >= 0.3 is 0 Å². The molecular weight excluding hydrogens is 346 g/mol. The van der Waals surface area contributed by atoms with Crippen molar-refractivity contribution in [2.24, 2.45) is 11.7 Å². The van der Waals surface area contributed by atoms with Gasteiger partial charge in [-0.2, -0.15) is 0 Å². The molecule has 6 heteroatoms. The summed E-state index contributed by atoms with van der Waals surface area (Å²) in [6.07, 6.45) is 3.07. The van der Waals surface area contributed by atoms with Gasteiger partial charge in [0.1, 0.15) is 0 Å². The maximum atomic E-state index is 12.6. The Bertz CT molecular complexity index is 772. The molecule has 0 bridgehead atoms. The third-order valence-corrected chi connectivity index (χ3v) is 5.01. The number of amides is 1. The van der Waals surface area contributed by atoms with E-state index >= 15 is 0 Å². The monoisotopic (exact) mass is 363 g/mol. The molecule has 22 heavy (non-hydrogen) atoms. The number of rotatable bonds is 3. The number of benzene rings is 1. The number of fused-ring (bicyclic) bond motifs is 1. The van der Waals surface area contributed by atoms with Crippen LogP contribution in [0.25, 0.3) is 10.9 Å². The van der Waals surface area contributed by atoms with Crippen molar-refractivity contribution in [2.75, 3.05) is 6.54 Å². The quantitative estimate of drug-likeness (QED) is 0.780. The van der Waals surface area contributed by atoms with Crippen molar-refractivity contribution < 1.29 is 4.79 Å². The minimum Gasteiger partial charge on any atom is -0.349 e. The van der Waals surface area contributed by atoms with Crippen LogP contribution in [0.4, 0.5) is 0 Å². The molecular formula is C16H18BrN3O2. The zero-order chi connectivity index (χ0) is 15.7. The Hall–Kier alpha value is -1.66. The van der Waals surface area contributed by atoms with Gasteiger partial charge in [-0.25, -0.2) is 0 Å². The Morgan fingerprint density at radius 2 is 2.23 bits per heavy atom. The minimum absolute atomic E-state index is 0.0963. The van der Waals surface area contributed by atoms with Crippen LogP contribution in [-0.4, -0.2) is 23.5 Å². The molecule has 1 aromatic heterocycles. The fourth-order valence-electron chi connectivity index (χ4n) is 3.19. The molecule has 2 unspecified atom stereocenters. The lowest BCUT2D eigenvalue weighted by molar-refractivity contribution is 0.0930. The van der Waals surface area contributed by atoms with Crippen LogP contribution in [0, 0.1) is 5.92 Å². The van der Waals surface area contributed by atoms with E-state index in [1.807, 2.05) is 18.2 Å². The number of halogens is 1. The number of hydrogen-bond acceptors (Lipinski definition) is 3. The molecule has 4 N–H and O–H groups in total. The summed E-state index contributed by atoms with van der Waals surface area (Å²) in [7, 11) is 0. The maximum Gasteiger partial charge on any atom is 0.252 e. The van der Waals surface area contributed by atoms with E-state index < -0.39 is 0 Å². The van der Waals surface area contributed by atoms with E-state index in [1.165, 1.54) is 6.07 Å². The summed E-state index contributed by atoms with van der Waals surface area (Å²) in [4.78, 5) is 27.2. The van der Waals surface area contributed by atoms with Crippen LogP contribution in [0.1, 0.15) is 29.6 Å². The number of pyridine rings is 1. The second-order valence-corrected chi connectivity index (χ2v) is 6.57. The Kier molecular flexibility index (Phi) is 4.31. The first-order valence-corrected chi connectivity index (χ1v) is 8.22. The number of carbonyl (C=O) groups is 1. The predicted molar refractivity (Wildman–Crippen MR) is 89.9 cm³/mol. The summed E-state index contributed by atoms with van der Waals surface area (Å²) in [5, 5.41) is 3.78. The summed E-state index contributed by atoms with van der Waals surface area (Å²) in [5.41, 5.74) is 6.52. The molecule has 1 aliphatic rings. The summed E-state index contributed by atoms with van der Waals surface area (Å²) in [6.45, 7) is 0.576. The second kappa shape index (κ2) is 6.22. The van der Waals surface area contributed by atoms with E-state index in [1.54, 1.807) is 0 Å². The molecule has 2 aromatic rings. The lowest BCUT2D eigenvalue weighted by Gasteiger charge is -2.20. The second-order valence-electron chi connectivity index (χ2n) is 5.72. The number of aromatic amines is 1. The van der Waals surface area contributed by atoms with E-state index in [0.717, 1.165) is 29.1 Å². The van der Waals surface area contributed by atoms with Crippen LogP contribution in [0.2, 0.25) is 0 Å². The summed E-state index contributed by atoms with van der Waals surface area (Å²) < 4.78 is 0.762. The SMILES string of the molecule is NCC1CCCC1NC(=O)c1cc(=O)[nH]c2c(Br)cccc12. The van der Waals surface area contributed by atoms with Crippen molar-refractivity contribution in [3.8, 4) is 0 Å². The van der Waals surface area contributed by atoms with Crippen molar-refractivity contribution in [2.45, 2.75) is 25.3 Å². The molecule has 1 saturated carbocycles. The van der Waals surface area contributed by atoms with E-state index in [2.05, 4.69) is 26.2 Å². The molecule has 0 radical (unpaired) electrons. The fraction of sp³-hybridized carbons (Fsp3) is 0.375. The first-order valence-electron chi connectivity index (χ1n) is 7.42. The van der Waals surface area contributed by atoms with Gasteiger partial charge in [-0.15, -0.1) is 0 Å². The number of H-pyrrole nitrogens is 1. The van der Waals surface area contributed by atoms with Gasteiger partial charge < -0.3 is 16.0 Å². The molecule has 2 atom stereocenters. The summed E-state index contributed by atoms with van der Waals surface area (Å²) in [6, 6.07) is 6.97. The van der Waals surface area contributed by atoms with E-state index in [-0.39, 0.29) is 17.5 Å². The van der Waals surface area contributed by atoms with Crippen molar-refractivity contribution in [3.63, 3.8) is 0 Å². The smallest absolute Gasteiger partial charge is 0.252 e. The Morgan fingerprint density at radius 3 is 3.00 bits per heavy atom. The van der Waals surface area contributed by atoms with Crippen LogP contribution >= 0.6 is 15.9 Å². The Balaban J connectivity index is 1.97. The van der Waals surface area contributed by atoms with Crippen LogP contribution in [-0.2, 0) is 0 Å². The normalized spacial score (nSPS) is 21.2. The molecule has 0 spiro atoms. The van der Waals surface area contributed by atoms with Crippen molar-refractivity contribution >= 4 is 32.7 Å². The van der Waals surface area contributed by atoms with Crippen LogP contribution < -0.4 is 16.6 Å². The highest BCUT2D eigenvalue weighted by atomic mass is 79.9. The number of nitrogens with one attached hydrogen (secondary N) is 2. The van der Waals surface area contributed by atoms with Gasteiger partial charge in [0.05, 0.1) is 11.1 Å². The molecule has 5 nitrogen and oxygen atoms in total. The van der Waals surface area contributed by atoms with Crippen LogP contribution in [0.3, 0.4) is 0 Å². The van der Waals surface area contributed by atoms with Crippen molar-refractivity contribution in [1.82, 2.24) is 10.3 Å². The molecule has 0 saturated heterocycles. The summed E-state index contributed by atoms with van der Waals surface area (Å²) in [5.74, 6) is 0.114. The number of carbonyl (C=O) groups excluding carboxylic acids is 1. The third-order valence-electron chi connectivity index (χ3n) is 4.35. The van der Waals surface area contributed by atoms with Crippen molar-refractivity contribution in [3.05, 3.63) is 44.7 Å². The molecule has 0 aliphatic heterocycles. The van der Waals surface area contributed by atoms with Crippen LogP contribution in [0.5, 0.6) is 0 Å². The molecule has 1 amide bonds. The highest BCUT2D eigenvalue weighted by Crippen LogP contribution is 2.26. The highest BCUT2D eigenvalue weighted by molar-refractivity contribution is 9.10. The number of para-hydroxylation sites is 1. The molecule has 1 aromatic carbocycles. The third kappa shape index (κ3) is 2.80. The van der Waals surface area contributed by atoms with Gasteiger partial charge in [-0.05, 0) is 47.3 Å². The fourth-order valence-corrected chi connectivity index (χ4v) is 3.65. The standard InChI is InChI=1S/C16H18BrN3O2/c17-12-5-2-4-10-11(7-14(21)20-15(10)12)16(22)19-13-6-1-3-9(13)8-18/h2,4-5,7,9,13H,1,3,6,8,18H2,(H,19,22)(H,20,21). The average molecular weight is 364 g/mol. The van der Waals surface area contributed by atoms with Gasteiger partial charge in [0.15, 0.2) is 0 Å². The molecule has 1 heterocycles.